The van der Waals surface area contributed by atoms with Crippen LogP contribution in [0.4, 0.5) is 5.69 Å². The predicted octanol–water partition coefficient (Wildman–Crippen LogP) is 10.9. The van der Waals surface area contributed by atoms with E-state index in [0.717, 1.165) is 37.2 Å². The fraction of sp³-hybridized carbons (Fsp3) is 0.146. The van der Waals surface area contributed by atoms with Gasteiger partial charge in [-0.3, -0.25) is 0 Å². The van der Waals surface area contributed by atoms with Crippen molar-refractivity contribution in [3.8, 4) is 33.4 Å². The van der Waals surface area contributed by atoms with Crippen molar-refractivity contribution < 1.29 is 4.58 Å². The van der Waals surface area contributed by atoms with Crippen molar-refractivity contribution in [3.05, 3.63) is 196 Å². The maximum Gasteiger partial charge on any atom is 0.234 e. The maximum atomic E-state index is 4.86. The molecular weight excluding hydrogens is 619 g/mol. The molecule has 51 heavy (non-hydrogen) atoms. The molecular formula is C48H40N3+. The Balaban J connectivity index is 1.29. The van der Waals surface area contributed by atoms with Crippen LogP contribution in [0.1, 0.15) is 57.1 Å². The third-order valence-corrected chi connectivity index (χ3v) is 10.9. The molecule has 3 heteroatoms. The molecule has 0 spiro atoms. The van der Waals surface area contributed by atoms with Crippen molar-refractivity contribution in [1.82, 2.24) is 10.2 Å². The van der Waals surface area contributed by atoms with E-state index in [0.29, 0.717) is 0 Å². The second kappa shape index (κ2) is 13.1. The number of hydrogen-bond donors (Lipinski definition) is 0. The Bertz CT molecular complexity index is 2340. The van der Waals surface area contributed by atoms with Crippen LogP contribution in [0.3, 0.4) is 0 Å². The normalized spacial score (nSPS) is 13.5. The van der Waals surface area contributed by atoms with Gasteiger partial charge in [-0.15, -0.1) is 5.10 Å². The van der Waals surface area contributed by atoms with Crippen molar-refractivity contribution in [1.29, 1.82) is 0 Å². The van der Waals surface area contributed by atoms with E-state index in [4.69, 9.17) is 10.2 Å². The molecule has 0 saturated carbocycles. The lowest BCUT2D eigenvalue weighted by atomic mass is 9.84. The molecule has 2 heterocycles. The van der Waals surface area contributed by atoms with Crippen molar-refractivity contribution in [2.24, 2.45) is 0 Å². The number of hydrogen-bond acceptors (Lipinski definition) is 2. The molecule has 1 aliphatic heterocycles. The molecule has 0 amide bonds. The first-order valence-corrected chi connectivity index (χ1v) is 18.1. The van der Waals surface area contributed by atoms with Crippen LogP contribution in [0.25, 0.3) is 33.4 Å². The highest BCUT2D eigenvalue weighted by Crippen LogP contribution is 2.53. The Hall–Kier alpha value is -5.93. The lowest BCUT2D eigenvalue weighted by Gasteiger charge is -2.24. The van der Waals surface area contributed by atoms with Gasteiger partial charge in [0.25, 0.3) is 0 Å². The van der Waals surface area contributed by atoms with Crippen LogP contribution < -0.4 is 0 Å². The van der Waals surface area contributed by atoms with E-state index in [2.05, 4.69) is 170 Å². The Kier molecular flexibility index (Phi) is 7.97. The van der Waals surface area contributed by atoms with E-state index in [1.807, 2.05) is 0 Å². The smallest absolute Gasteiger partial charge is 0.193 e. The molecule has 0 atom stereocenters. The molecule has 1 aromatic heterocycles. The zero-order valence-electron chi connectivity index (χ0n) is 29.2. The van der Waals surface area contributed by atoms with Gasteiger partial charge in [0.2, 0.25) is 5.69 Å². The fourth-order valence-corrected chi connectivity index (χ4v) is 8.45. The topological polar surface area (TPSA) is 28.8 Å². The summed E-state index contributed by atoms with van der Waals surface area (Å²) < 4.78 is 2.61. The van der Waals surface area contributed by atoms with Gasteiger partial charge in [-0.25, -0.2) is 0 Å². The predicted molar refractivity (Wildman–Crippen MR) is 209 cm³/mol. The minimum atomic E-state index is -0.000863. The standard InChI is InChI=1S/C48H40N3/c1-32-46(48(33(2)50-49-32)51-29-28-37-20-12-13-21-40(37)45(51)27-22-34-14-6-3-7-15-34)47-43-30-38(35-16-8-4-9-17-35)23-25-41(43)42-26-24-39(31-44(42)47)36-18-10-5-11-19-36/h3-21,23-26,30-31,47H,22,27-29H2,1-2H3/q+1. The fourth-order valence-electron chi connectivity index (χ4n) is 8.45. The largest absolute Gasteiger partial charge is 0.234 e. The first-order valence-electron chi connectivity index (χ1n) is 18.1. The summed E-state index contributed by atoms with van der Waals surface area (Å²) in [5, 5.41) is 9.69. The van der Waals surface area contributed by atoms with Gasteiger partial charge in [-0.1, -0.05) is 133 Å². The van der Waals surface area contributed by atoms with Gasteiger partial charge < -0.3 is 0 Å². The van der Waals surface area contributed by atoms with Crippen LogP contribution in [-0.4, -0.2) is 27.0 Å². The zero-order chi connectivity index (χ0) is 34.3. The van der Waals surface area contributed by atoms with Crippen LogP contribution in [0.5, 0.6) is 0 Å². The van der Waals surface area contributed by atoms with E-state index in [9.17, 15) is 0 Å². The van der Waals surface area contributed by atoms with Gasteiger partial charge in [0.1, 0.15) is 5.69 Å². The highest BCUT2D eigenvalue weighted by Gasteiger charge is 2.39. The van der Waals surface area contributed by atoms with Crippen molar-refractivity contribution in [3.63, 3.8) is 0 Å². The molecule has 246 valence electrons. The summed E-state index contributed by atoms with van der Waals surface area (Å²) in [7, 11) is 0. The molecule has 2 aliphatic rings. The quantitative estimate of drug-likeness (QED) is 0.159. The molecule has 3 nitrogen and oxygen atoms in total. The SMILES string of the molecule is Cc1nnc(C)c([N+]2=C(CCc3ccccc3)c3ccccc3CC2)c1C1c2cc(-c3ccccc3)ccc2-c2ccc(-c3ccccc3)cc21. The number of benzene rings is 6. The summed E-state index contributed by atoms with van der Waals surface area (Å²) >= 11 is 0. The van der Waals surface area contributed by atoms with Crippen molar-refractivity contribution >= 4 is 11.4 Å². The van der Waals surface area contributed by atoms with Crippen molar-refractivity contribution in [2.75, 3.05) is 6.54 Å². The van der Waals surface area contributed by atoms with Gasteiger partial charge in [0.05, 0.1) is 11.3 Å². The van der Waals surface area contributed by atoms with Crippen LogP contribution >= 0.6 is 0 Å². The van der Waals surface area contributed by atoms with E-state index in [1.165, 1.54) is 78.2 Å². The summed E-state index contributed by atoms with van der Waals surface area (Å²) in [6.45, 7) is 5.21. The molecule has 7 aromatic rings. The highest BCUT2D eigenvalue weighted by atomic mass is 15.1. The molecule has 0 bridgehead atoms. The van der Waals surface area contributed by atoms with Gasteiger partial charge in [0, 0.05) is 24.3 Å². The number of nitrogens with zero attached hydrogens (tertiary/aromatic N) is 3. The number of aromatic nitrogens is 2. The van der Waals surface area contributed by atoms with Gasteiger partial charge in [-0.2, -0.15) is 9.67 Å². The van der Waals surface area contributed by atoms with Gasteiger partial charge in [0.15, 0.2) is 12.3 Å². The Labute approximate surface area is 300 Å². The summed E-state index contributed by atoms with van der Waals surface area (Å²) in [6, 6.07) is 55.5. The Morgan fingerprint density at radius 1 is 0.529 bits per heavy atom. The molecule has 6 aromatic carbocycles. The number of aryl methyl sites for hydroxylation is 3. The molecule has 0 saturated heterocycles. The minimum Gasteiger partial charge on any atom is -0.193 e. The number of rotatable bonds is 7. The molecule has 0 unspecified atom stereocenters. The summed E-state index contributed by atoms with van der Waals surface area (Å²) in [4.78, 5) is 0. The average molecular weight is 659 g/mol. The monoisotopic (exact) mass is 658 g/mol. The first-order chi connectivity index (χ1) is 25.1. The molecule has 9 rings (SSSR count). The van der Waals surface area contributed by atoms with E-state index in [-0.39, 0.29) is 5.92 Å². The lowest BCUT2D eigenvalue weighted by Crippen LogP contribution is -2.29. The van der Waals surface area contributed by atoms with E-state index < -0.39 is 0 Å². The molecule has 0 radical (unpaired) electrons. The van der Waals surface area contributed by atoms with Crippen molar-refractivity contribution in [2.45, 2.75) is 39.0 Å². The Morgan fingerprint density at radius 3 is 1.71 bits per heavy atom. The van der Waals surface area contributed by atoms with Crippen LogP contribution in [-0.2, 0) is 12.8 Å². The summed E-state index contributed by atoms with van der Waals surface area (Å²) in [5.41, 5.74) is 20.1. The lowest BCUT2D eigenvalue weighted by molar-refractivity contribution is -0.444. The minimum absolute atomic E-state index is 0.000863. The average Bonchev–Trinajstić information content (AvgIpc) is 3.51. The molecule has 1 aliphatic carbocycles. The van der Waals surface area contributed by atoms with Crippen LogP contribution in [0.15, 0.2) is 152 Å². The molecule has 0 N–H and O–H groups in total. The Morgan fingerprint density at radius 2 is 1.08 bits per heavy atom. The van der Waals surface area contributed by atoms with Gasteiger partial charge >= 0.3 is 0 Å². The first kappa shape index (κ1) is 31.1. The summed E-state index contributed by atoms with van der Waals surface area (Å²) in [6.07, 6.45) is 2.90. The highest BCUT2D eigenvalue weighted by molar-refractivity contribution is 6.00. The van der Waals surface area contributed by atoms with Crippen LogP contribution in [0, 0.1) is 13.8 Å². The summed E-state index contributed by atoms with van der Waals surface area (Å²) in [5.74, 6) is -0.000863. The van der Waals surface area contributed by atoms with E-state index >= 15 is 0 Å². The number of fused-ring (bicyclic) bond motifs is 4. The van der Waals surface area contributed by atoms with E-state index in [1.54, 1.807) is 0 Å². The van der Waals surface area contributed by atoms with Gasteiger partial charge in [-0.05, 0) is 94.1 Å². The maximum absolute atomic E-state index is 4.86. The second-order valence-electron chi connectivity index (χ2n) is 13.9. The molecule has 0 fully saturated rings. The zero-order valence-corrected chi connectivity index (χ0v) is 29.2. The van der Waals surface area contributed by atoms with Crippen LogP contribution in [0.2, 0.25) is 0 Å². The third kappa shape index (κ3) is 5.60. The third-order valence-electron chi connectivity index (χ3n) is 10.9. The second-order valence-corrected chi connectivity index (χ2v) is 13.9.